The van der Waals surface area contributed by atoms with E-state index >= 15 is 0 Å². The number of fused-ring (bicyclic) bond motifs is 8. The van der Waals surface area contributed by atoms with Crippen molar-refractivity contribution in [2.24, 2.45) is 0 Å². The Morgan fingerprint density at radius 1 is 0.431 bits per heavy atom. The van der Waals surface area contributed by atoms with Crippen LogP contribution in [0.2, 0.25) is 0 Å². The summed E-state index contributed by atoms with van der Waals surface area (Å²) in [5.41, 5.74) is 24.0. The van der Waals surface area contributed by atoms with Crippen LogP contribution in [0.5, 0.6) is 0 Å². The van der Waals surface area contributed by atoms with Crippen molar-refractivity contribution in [3.05, 3.63) is 178 Å². The Morgan fingerprint density at radius 3 is 1.33 bits per heavy atom. The van der Waals surface area contributed by atoms with Gasteiger partial charge in [0.25, 0.3) is 0 Å². The normalized spacial score (nSPS) is 13.2. The van der Waals surface area contributed by atoms with Crippen LogP contribution in [-0.4, -0.2) is 19.1 Å². The molecule has 0 bridgehead atoms. The van der Waals surface area contributed by atoms with Crippen molar-refractivity contribution in [2.75, 3.05) is 0 Å². The Labute approximate surface area is 338 Å². The van der Waals surface area contributed by atoms with E-state index in [-0.39, 0.29) is 0 Å². The highest BCUT2D eigenvalue weighted by molar-refractivity contribution is 6.16. The molecule has 0 atom stereocenters. The molecule has 4 nitrogen and oxygen atoms in total. The van der Waals surface area contributed by atoms with Crippen LogP contribution in [0.4, 0.5) is 0 Å². The molecule has 58 heavy (non-hydrogen) atoms. The fraction of sp³-hybridized carbons (Fsp3) is 0.148. The first kappa shape index (κ1) is 33.4. The lowest BCUT2D eigenvalue weighted by Crippen LogP contribution is -2.16. The largest absolute Gasteiger partial charge is 0.293 e. The summed E-state index contributed by atoms with van der Waals surface area (Å²) in [6, 6.07) is 45.4. The highest BCUT2D eigenvalue weighted by atomic mass is 15.1. The van der Waals surface area contributed by atoms with E-state index in [4.69, 9.17) is 9.97 Å². The first-order valence-corrected chi connectivity index (χ1v) is 20.7. The Kier molecular flexibility index (Phi) is 7.11. The molecule has 12 rings (SSSR count). The number of rotatable bonds is 4. The third kappa shape index (κ3) is 4.75. The van der Waals surface area contributed by atoms with Crippen LogP contribution in [0, 0.1) is 27.7 Å². The zero-order valence-electron chi connectivity index (χ0n) is 33.3. The number of benzene rings is 6. The molecule has 0 spiro atoms. The average Bonchev–Trinajstić information content (AvgIpc) is 3.76. The van der Waals surface area contributed by atoms with Crippen molar-refractivity contribution in [3.8, 4) is 45.0 Å². The summed E-state index contributed by atoms with van der Waals surface area (Å²) in [4.78, 5) is 9.95. The van der Waals surface area contributed by atoms with Gasteiger partial charge in [0.1, 0.15) is 11.6 Å². The van der Waals surface area contributed by atoms with Gasteiger partial charge >= 0.3 is 0 Å². The highest BCUT2D eigenvalue weighted by Crippen LogP contribution is 2.51. The van der Waals surface area contributed by atoms with Crippen LogP contribution in [0.15, 0.2) is 134 Å². The zero-order chi connectivity index (χ0) is 38.8. The number of aromatic nitrogens is 4. The Morgan fingerprint density at radius 2 is 0.897 bits per heavy atom. The van der Waals surface area contributed by atoms with Gasteiger partial charge in [-0.05, 0) is 181 Å². The van der Waals surface area contributed by atoms with Gasteiger partial charge in [0.2, 0.25) is 0 Å². The van der Waals surface area contributed by atoms with Crippen molar-refractivity contribution in [1.29, 1.82) is 0 Å². The summed E-state index contributed by atoms with van der Waals surface area (Å²) in [6.45, 7) is 8.81. The second-order valence-electron chi connectivity index (χ2n) is 16.7. The predicted octanol–water partition coefficient (Wildman–Crippen LogP) is 13.1. The van der Waals surface area contributed by atoms with E-state index in [1.54, 1.807) is 0 Å². The quantitative estimate of drug-likeness (QED) is 0.180. The molecule has 0 saturated carbocycles. The van der Waals surface area contributed by atoms with Gasteiger partial charge in [0, 0.05) is 33.9 Å². The molecule has 0 saturated heterocycles. The summed E-state index contributed by atoms with van der Waals surface area (Å²) in [5, 5.41) is 5.24. The van der Waals surface area contributed by atoms with Crippen LogP contribution >= 0.6 is 0 Å². The second-order valence-corrected chi connectivity index (χ2v) is 16.7. The van der Waals surface area contributed by atoms with E-state index in [9.17, 15) is 0 Å². The van der Waals surface area contributed by atoms with Crippen molar-refractivity contribution in [2.45, 2.75) is 53.4 Å². The number of nitrogens with zero attached hydrogens (tertiary/aromatic N) is 4. The molecule has 0 aliphatic heterocycles. The van der Waals surface area contributed by atoms with Crippen LogP contribution < -0.4 is 0 Å². The molecular formula is C54H42N4. The minimum Gasteiger partial charge on any atom is -0.293 e. The molecule has 0 unspecified atom stereocenters. The predicted molar refractivity (Wildman–Crippen MR) is 241 cm³/mol. The van der Waals surface area contributed by atoms with E-state index < -0.39 is 0 Å². The van der Waals surface area contributed by atoms with E-state index in [1.807, 2.05) is 24.5 Å². The third-order valence-electron chi connectivity index (χ3n) is 13.2. The Bertz CT molecular complexity index is 3140. The van der Waals surface area contributed by atoms with Crippen molar-refractivity contribution >= 4 is 43.6 Å². The van der Waals surface area contributed by atoms with E-state index in [0.717, 1.165) is 37.3 Å². The molecule has 4 heterocycles. The molecule has 0 radical (unpaired) electrons. The maximum Gasteiger partial charge on any atom is 0.137 e. The average molecular weight is 747 g/mol. The standard InChI is InChI=1S/C54H42N4/c1-31-11-13-33(3)41(25-31)35-17-21-47-43(27-35)45-29-37-15-20-40-52-38(16-19-39(51(37)52)53(45)57(47)49-9-5-7-23-55-49)30-46-44-28-36(42-26-32(2)12-14-34(42)4)18-22-48(44)58(54(40)46)50-10-6-8-24-56-50/h5-14,17-18,21-30H,15-16,19-20H2,1-4H3. The minimum atomic E-state index is 0.963. The minimum absolute atomic E-state index is 0.963. The number of hydrogen-bond acceptors (Lipinski definition) is 2. The molecule has 0 fully saturated rings. The third-order valence-corrected chi connectivity index (χ3v) is 13.2. The molecule has 4 aromatic heterocycles. The summed E-state index contributed by atoms with van der Waals surface area (Å²) < 4.78 is 4.90. The van der Waals surface area contributed by atoms with Crippen molar-refractivity contribution in [3.63, 3.8) is 0 Å². The van der Waals surface area contributed by atoms with Crippen LogP contribution in [0.25, 0.3) is 88.6 Å². The maximum absolute atomic E-state index is 4.98. The lowest BCUT2D eigenvalue weighted by atomic mass is 9.74. The van der Waals surface area contributed by atoms with Gasteiger partial charge in [-0.1, -0.05) is 71.8 Å². The fourth-order valence-electron chi connectivity index (χ4n) is 10.5. The van der Waals surface area contributed by atoms with Gasteiger partial charge in [-0.15, -0.1) is 0 Å². The SMILES string of the molecule is Cc1ccc(C)c(-c2ccc3c(c2)c2cc4c5c(c2n3-c2ccccn2)CCc2cc3c6cc(-c7cc(C)ccc7C)ccc6n(-c6ccccn6)c3c(c2-5)CC4)c1. The van der Waals surface area contributed by atoms with Crippen molar-refractivity contribution < 1.29 is 0 Å². The maximum atomic E-state index is 4.98. The van der Waals surface area contributed by atoms with Gasteiger partial charge in [-0.2, -0.15) is 0 Å². The van der Waals surface area contributed by atoms with Crippen molar-refractivity contribution in [1.82, 2.24) is 19.1 Å². The summed E-state index contributed by atoms with van der Waals surface area (Å²) in [6.07, 6.45) is 7.80. The fourth-order valence-corrected chi connectivity index (χ4v) is 10.5. The van der Waals surface area contributed by atoms with E-state index in [0.29, 0.717) is 0 Å². The van der Waals surface area contributed by atoms with E-state index in [2.05, 4.69) is 146 Å². The van der Waals surface area contributed by atoms with Crippen LogP contribution in [0.3, 0.4) is 0 Å². The highest BCUT2D eigenvalue weighted by Gasteiger charge is 2.33. The van der Waals surface area contributed by atoms with Gasteiger partial charge in [0.15, 0.2) is 0 Å². The number of hydrogen-bond donors (Lipinski definition) is 0. The summed E-state index contributed by atoms with van der Waals surface area (Å²) in [7, 11) is 0. The Hall–Kier alpha value is -6.78. The molecule has 0 N–H and O–H groups in total. The lowest BCUT2D eigenvalue weighted by Gasteiger charge is -2.31. The van der Waals surface area contributed by atoms with Gasteiger partial charge in [-0.25, -0.2) is 9.97 Å². The number of aryl methyl sites for hydroxylation is 8. The first-order chi connectivity index (χ1) is 28.4. The Balaban J connectivity index is 1.16. The van der Waals surface area contributed by atoms with Crippen LogP contribution in [0.1, 0.15) is 44.5 Å². The molecule has 0 amide bonds. The molecule has 6 aromatic carbocycles. The monoisotopic (exact) mass is 746 g/mol. The molecular weight excluding hydrogens is 705 g/mol. The lowest BCUT2D eigenvalue weighted by molar-refractivity contribution is 0.881. The van der Waals surface area contributed by atoms with Gasteiger partial charge in [0.05, 0.1) is 22.1 Å². The van der Waals surface area contributed by atoms with Gasteiger partial charge in [-0.3, -0.25) is 9.13 Å². The van der Waals surface area contributed by atoms with Crippen LogP contribution in [-0.2, 0) is 25.7 Å². The molecule has 278 valence electrons. The summed E-state index contributed by atoms with van der Waals surface area (Å²) in [5.74, 6) is 1.93. The first-order valence-electron chi connectivity index (χ1n) is 20.7. The zero-order valence-corrected chi connectivity index (χ0v) is 33.3. The van der Waals surface area contributed by atoms with Gasteiger partial charge < -0.3 is 0 Å². The number of pyridine rings is 2. The van der Waals surface area contributed by atoms with E-state index in [1.165, 1.54) is 122 Å². The molecule has 2 aliphatic rings. The smallest absolute Gasteiger partial charge is 0.137 e. The second kappa shape index (κ2) is 12.4. The summed E-state index contributed by atoms with van der Waals surface area (Å²) >= 11 is 0. The topological polar surface area (TPSA) is 35.6 Å². The molecule has 10 aromatic rings. The molecule has 4 heteroatoms. The molecule has 2 aliphatic carbocycles.